The fourth-order valence-electron chi connectivity index (χ4n) is 1.40. The lowest BCUT2D eigenvalue weighted by Gasteiger charge is -1.98. The largest absolute Gasteiger partial charge is 0.269 e. The zero-order valence-electron chi connectivity index (χ0n) is 7.11. The van der Waals surface area contributed by atoms with Crippen LogP contribution in [0.3, 0.4) is 0 Å². The average Bonchev–Trinajstić information content (AvgIpc) is 2.75. The van der Waals surface area contributed by atoms with Gasteiger partial charge in [-0.1, -0.05) is 23.7 Å². The van der Waals surface area contributed by atoms with Crippen molar-refractivity contribution in [2.75, 3.05) is 0 Å². The van der Waals surface area contributed by atoms with E-state index in [1.54, 1.807) is 12.1 Å². The molecule has 0 radical (unpaired) electrons. The lowest BCUT2D eigenvalue weighted by molar-refractivity contribution is -0.384. The highest BCUT2D eigenvalue weighted by Gasteiger charge is 2.54. The number of nitro groups is 1. The van der Waals surface area contributed by atoms with E-state index in [9.17, 15) is 14.5 Å². The second-order valence-electron chi connectivity index (χ2n) is 3.37. The second-order valence-corrected chi connectivity index (χ2v) is 3.99. The number of non-ortho nitro benzene ring substituents is 1. The van der Waals surface area contributed by atoms with E-state index in [4.69, 9.17) is 11.6 Å². The van der Waals surface area contributed by atoms with Crippen molar-refractivity contribution in [3.05, 3.63) is 39.9 Å². The van der Waals surface area contributed by atoms with Gasteiger partial charge in [0.05, 0.1) is 4.92 Å². The summed E-state index contributed by atoms with van der Waals surface area (Å²) >= 11 is 5.44. The van der Waals surface area contributed by atoms with Crippen LogP contribution in [-0.2, 0) is 0 Å². The summed E-state index contributed by atoms with van der Waals surface area (Å²) in [6, 6.07) is 5.82. The van der Waals surface area contributed by atoms with Crippen LogP contribution < -0.4 is 0 Å². The Morgan fingerprint density at radius 2 is 2.00 bits per heavy atom. The maximum Gasteiger partial charge on any atom is 0.269 e. The van der Waals surface area contributed by atoms with Crippen LogP contribution in [0.1, 0.15) is 17.9 Å². The molecule has 2 rings (SSSR count). The van der Waals surface area contributed by atoms with Gasteiger partial charge >= 0.3 is 0 Å². The number of hydrogen-bond donors (Lipinski definition) is 0. The number of alkyl halides is 2. The Labute approximate surface area is 84.6 Å². The van der Waals surface area contributed by atoms with Gasteiger partial charge in [-0.3, -0.25) is 10.1 Å². The van der Waals surface area contributed by atoms with Crippen LogP contribution in [0.2, 0.25) is 0 Å². The summed E-state index contributed by atoms with van der Waals surface area (Å²) in [5.41, 5.74) is 0.724. The molecule has 0 aliphatic heterocycles. The molecular weight excluding hydrogens is 209 g/mol. The summed E-state index contributed by atoms with van der Waals surface area (Å²) in [7, 11) is 0. The third-order valence-electron chi connectivity index (χ3n) is 2.33. The molecule has 0 saturated heterocycles. The molecule has 74 valence electrons. The Bertz CT molecular complexity index is 377. The molecule has 0 aromatic heterocycles. The van der Waals surface area contributed by atoms with Crippen molar-refractivity contribution in [2.24, 2.45) is 0 Å². The van der Waals surface area contributed by atoms with Crippen molar-refractivity contribution in [1.29, 1.82) is 0 Å². The Balaban J connectivity index is 2.20. The molecule has 0 bridgehead atoms. The zero-order chi connectivity index (χ0) is 10.3. The number of nitrogens with zero attached hydrogens (tertiary/aromatic N) is 1. The minimum absolute atomic E-state index is 0.00781. The predicted molar refractivity (Wildman–Crippen MR) is 50.1 cm³/mol. The average molecular weight is 216 g/mol. The van der Waals surface area contributed by atoms with E-state index in [1.807, 2.05) is 0 Å². The van der Waals surface area contributed by atoms with Gasteiger partial charge in [0.25, 0.3) is 5.69 Å². The Hall–Kier alpha value is -1.16. The fraction of sp³-hybridized carbons (Fsp3) is 0.333. The van der Waals surface area contributed by atoms with Gasteiger partial charge in [0.15, 0.2) is 5.13 Å². The van der Waals surface area contributed by atoms with Gasteiger partial charge in [-0.05, 0) is 5.56 Å². The lowest BCUT2D eigenvalue weighted by atomic mass is 10.1. The maximum atomic E-state index is 13.0. The van der Waals surface area contributed by atoms with Gasteiger partial charge in [-0.25, -0.2) is 4.39 Å². The third kappa shape index (κ3) is 1.57. The molecule has 5 heteroatoms. The number of hydrogen-bond acceptors (Lipinski definition) is 2. The quantitative estimate of drug-likeness (QED) is 0.432. The van der Waals surface area contributed by atoms with Crippen molar-refractivity contribution in [3.8, 4) is 0 Å². The van der Waals surface area contributed by atoms with Gasteiger partial charge in [0.1, 0.15) is 0 Å². The van der Waals surface area contributed by atoms with Crippen molar-refractivity contribution >= 4 is 17.3 Å². The van der Waals surface area contributed by atoms with Gasteiger partial charge in [0, 0.05) is 24.5 Å². The highest BCUT2D eigenvalue weighted by molar-refractivity contribution is 6.25. The first-order chi connectivity index (χ1) is 6.50. The van der Waals surface area contributed by atoms with E-state index in [1.165, 1.54) is 12.1 Å². The predicted octanol–water partition coefficient (Wildman–Crippen LogP) is 2.99. The zero-order valence-corrected chi connectivity index (χ0v) is 7.87. The molecule has 14 heavy (non-hydrogen) atoms. The van der Waals surface area contributed by atoms with Gasteiger partial charge in [-0.2, -0.15) is 0 Å². The van der Waals surface area contributed by atoms with Crippen LogP contribution in [-0.4, -0.2) is 10.1 Å². The minimum Gasteiger partial charge on any atom is -0.258 e. The molecule has 1 aliphatic rings. The van der Waals surface area contributed by atoms with E-state index in [0.29, 0.717) is 5.56 Å². The molecule has 1 aliphatic carbocycles. The fourth-order valence-corrected chi connectivity index (χ4v) is 1.68. The SMILES string of the molecule is O=[N+]([O-])c1ccc(C2CC2(F)Cl)cc1. The van der Waals surface area contributed by atoms with Crippen LogP contribution >= 0.6 is 11.6 Å². The third-order valence-corrected chi connectivity index (χ3v) is 2.75. The van der Waals surface area contributed by atoms with E-state index in [2.05, 4.69) is 0 Å². The number of benzene rings is 1. The highest BCUT2D eigenvalue weighted by Crippen LogP contribution is 2.57. The first kappa shape index (κ1) is 9.40. The summed E-state index contributed by atoms with van der Waals surface area (Å²) in [5.74, 6) is -0.315. The smallest absolute Gasteiger partial charge is 0.258 e. The molecule has 2 atom stereocenters. The highest BCUT2D eigenvalue weighted by atomic mass is 35.5. The first-order valence-corrected chi connectivity index (χ1v) is 4.51. The Morgan fingerprint density at radius 1 is 1.50 bits per heavy atom. The van der Waals surface area contributed by atoms with Crippen molar-refractivity contribution < 1.29 is 9.31 Å². The molecule has 1 fully saturated rings. The molecule has 0 N–H and O–H groups in total. The van der Waals surface area contributed by atoms with E-state index in [-0.39, 0.29) is 18.0 Å². The van der Waals surface area contributed by atoms with E-state index in [0.717, 1.165) is 0 Å². The van der Waals surface area contributed by atoms with Crippen LogP contribution in [0.4, 0.5) is 10.1 Å². The molecule has 1 aromatic carbocycles. The summed E-state index contributed by atoms with van der Waals surface area (Å²) in [6.07, 6.45) is 0.284. The van der Waals surface area contributed by atoms with Crippen molar-refractivity contribution in [1.82, 2.24) is 0 Å². The lowest BCUT2D eigenvalue weighted by Crippen LogP contribution is -1.92. The van der Waals surface area contributed by atoms with Crippen LogP contribution in [0.25, 0.3) is 0 Å². The molecule has 1 aromatic rings. The normalized spacial score (nSPS) is 30.0. The van der Waals surface area contributed by atoms with Crippen LogP contribution in [0.5, 0.6) is 0 Å². The van der Waals surface area contributed by atoms with Gasteiger partial charge in [0.2, 0.25) is 0 Å². The minimum atomic E-state index is -1.64. The van der Waals surface area contributed by atoms with Crippen LogP contribution in [0.15, 0.2) is 24.3 Å². The van der Waals surface area contributed by atoms with Crippen LogP contribution in [0, 0.1) is 10.1 Å². The molecule has 0 spiro atoms. The Morgan fingerprint density at radius 3 is 2.36 bits per heavy atom. The van der Waals surface area contributed by atoms with Crippen molar-refractivity contribution in [3.63, 3.8) is 0 Å². The monoisotopic (exact) mass is 215 g/mol. The second kappa shape index (κ2) is 2.92. The van der Waals surface area contributed by atoms with Gasteiger partial charge in [-0.15, -0.1) is 0 Å². The Kier molecular flexibility index (Phi) is 1.96. The van der Waals surface area contributed by atoms with E-state index < -0.39 is 10.1 Å². The summed E-state index contributed by atoms with van der Waals surface area (Å²) in [5, 5.41) is 8.69. The summed E-state index contributed by atoms with van der Waals surface area (Å²) < 4.78 is 13.0. The van der Waals surface area contributed by atoms with Gasteiger partial charge < -0.3 is 0 Å². The maximum absolute atomic E-state index is 13.0. The molecule has 3 nitrogen and oxygen atoms in total. The first-order valence-electron chi connectivity index (χ1n) is 4.13. The van der Waals surface area contributed by atoms with Crippen molar-refractivity contribution in [2.45, 2.75) is 17.5 Å². The molecule has 0 amide bonds. The number of nitro benzene ring substituents is 1. The standard InChI is InChI=1S/C9H7ClFNO2/c10-9(11)5-8(9)6-1-3-7(4-2-6)12(13)14/h1-4,8H,5H2. The topological polar surface area (TPSA) is 43.1 Å². The number of halogens is 2. The van der Waals surface area contributed by atoms with E-state index >= 15 is 0 Å². The number of rotatable bonds is 2. The molecular formula is C9H7ClFNO2. The molecule has 1 saturated carbocycles. The summed E-state index contributed by atoms with van der Waals surface area (Å²) in [4.78, 5) is 9.84. The molecule has 0 heterocycles. The molecule has 2 unspecified atom stereocenters. The summed E-state index contributed by atoms with van der Waals surface area (Å²) in [6.45, 7) is 0.